The van der Waals surface area contributed by atoms with Crippen molar-refractivity contribution in [1.82, 2.24) is 0 Å². The molecule has 0 aliphatic carbocycles. The molecule has 0 saturated carbocycles. The van der Waals surface area contributed by atoms with Crippen LogP contribution < -0.4 is 0 Å². The standard InChI is InChI=1S/C136H16S/c1-9-17-25-33-41-49-57-63-67-69-72-77-84-92-100-108-116-124-132-128(120-112-104-96-89-81-76-71-68-64-58-50-42-34-26-18-10-2)126(118-110-102-94-88-80-75-70-65-59-51-43-35-27-19-11-3)130(122-114-106-98-91-83-74-66-60-52-44-36-28-20-12-4)134-133-129(121-113-105-97-90-82-73-61-53-45-37-29-21-13-5)125(117-109-101-93-87-79-62-54-46-38-30-22-14-6)127(119-111-103-95-86-78-55-47-39-31-23-15-7)131(135(133)137-136(132)134)123-115-107-99-85-56-48-40-32-24-16-8/h2,4,6,8H,1,3,5,7H3. The Balaban J connectivity index is 3.37. The van der Waals surface area contributed by atoms with Crippen LogP contribution in [0.25, 0.3) is 20.2 Å². The fourth-order valence-electron chi connectivity index (χ4n) is 7.00. The molecule has 1 heterocycles. The third-order valence-electron chi connectivity index (χ3n) is 11.4. The molecule has 1 aromatic heterocycles. The van der Waals surface area contributed by atoms with Crippen LogP contribution >= 0.6 is 11.3 Å². The summed E-state index contributed by atoms with van der Waals surface area (Å²) in [5, 5.41) is 0.478. The summed E-state index contributed by atoms with van der Waals surface area (Å²) < 4.78 is 0.595. The molecule has 0 fully saturated rings. The van der Waals surface area contributed by atoms with Gasteiger partial charge in [0.15, 0.2) is 0 Å². The van der Waals surface area contributed by atoms with Gasteiger partial charge in [0.1, 0.15) is 0 Å². The van der Waals surface area contributed by atoms with Crippen LogP contribution in [0.4, 0.5) is 0 Å². The summed E-state index contributed by atoms with van der Waals surface area (Å²) in [6, 6.07) is 0. The van der Waals surface area contributed by atoms with E-state index in [1.807, 2.05) is 0 Å². The molecule has 3 aromatic rings. The number of hydrogen-bond acceptors (Lipinski definition) is 1. The summed E-state index contributed by atoms with van der Waals surface area (Å²) in [6.45, 7) is 6.57. The van der Waals surface area contributed by atoms with Crippen molar-refractivity contribution < 1.29 is 0 Å². The van der Waals surface area contributed by atoms with Crippen molar-refractivity contribution in [3.8, 4) is 712 Å². The SMILES string of the molecule is C#CC#CC#CC#CC#CC#CC#CC#CC#Cc1c(C#CC#CC#CC#CC#CC#CC#CC#CC)c(C#CC#CC#CC#CC#CC#CC#CC#C)c2c(sc3c(C#CC#CC#CC#CC#CC#C)c(C#CC#CC#CC#CC#CC#CC)c(C#CC#CC#CC#CC#CC#CC#C)c(C#CC#CC#CC#CC#CC#CC#CC)c32)c1C#CC#CC#CC#CC#CC#CC#CC#CC#CC. The Morgan fingerprint density at radius 2 is 0.204 bits per heavy atom. The second-order valence-corrected chi connectivity index (χ2v) is 20.6. The Labute approximate surface area is 810 Å². The number of benzene rings is 2. The fraction of sp³-hybridized carbons (Fsp3) is 0.0294. The van der Waals surface area contributed by atoms with Crippen molar-refractivity contribution in [2.45, 2.75) is 27.7 Å². The van der Waals surface area contributed by atoms with Gasteiger partial charge < -0.3 is 0 Å². The predicted molar refractivity (Wildman–Crippen MR) is 546 cm³/mol. The van der Waals surface area contributed by atoms with Crippen molar-refractivity contribution in [2.75, 3.05) is 0 Å². The monoisotopic (exact) mass is 1680 g/mol. The minimum Gasteiger partial charge on any atom is -0.132 e. The van der Waals surface area contributed by atoms with E-state index in [1.165, 1.54) is 0 Å². The molecule has 0 bridgehead atoms. The number of thiophene rings is 1. The lowest BCUT2D eigenvalue weighted by Crippen LogP contribution is -1.99. The molecule has 0 unspecified atom stereocenters. The van der Waals surface area contributed by atoms with Gasteiger partial charge >= 0.3 is 0 Å². The van der Waals surface area contributed by atoms with Crippen LogP contribution in [-0.2, 0) is 0 Å². The van der Waals surface area contributed by atoms with E-state index in [1.54, 1.807) is 27.7 Å². The quantitative estimate of drug-likeness (QED) is 0.256. The molecule has 1 heteroatoms. The summed E-state index contributed by atoms with van der Waals surface area (Å²) >= 11 is 1.09. The highest BCUT2D eigenvalue weighted by Gasteiger charge is 2.27. The molecule has 566 valence electrons. The lowest BCUT2D eigenvalue weighted by atomic mass is 9.87. The highest BCUT2D eigenvalue weighted by Crippen LogP contribution is 2.45. The molecule has 0 saturated heterocycles. The summed E-state index contributed by atoms with van der Waals surface area (Å²) in [6.07, 6.45) is 20.8. The van der Waals surface area contributed by atoms with Gasteiger partial charge in [-0.05, 0) is 655 Å². The summed E-state index contributed by atoms with van der Waals surface area (Å²) in [5.74, 6) is 306. The second-order valence-electron chi connectivity index (χ2n) is 19.6. The first-order chi connectivity index (χ1) is 68.1. The molecular weight excluding hydrogens is 1670 g/mol. The van der Waals surface area contributed by atoms with Gasteiger partial charge in [0, 0.05) is 10.8 Å². The third-order valence-corrected chi connectivity index (χ3v) is 12.6. The van der Waals surface area contributed by atoms with Crippen molar-refractivity contribution in [3.05, 3.63) is 44.5 Å². The van der Waals surface area contributed by atoms with E-state index in [4.69, 9.17) is 25.7 Å². The average molecular weight is 1680 g/mol. The molecular formula is C136H16S. The Morgan fingerprint density at radius 1 is 0.109 bits per heavy atom. The normalized spacial score (nSPS) is 5.14. The van der Waals surface area contributed by atoms with Crippen LogP contribution in [0.3, 0.4) is 0 Å². The van der Waals surface area contributed by atoms with Crippen molar-refractivity contribution in [2.24, 2.45) is 0 Å². The van der Waals surface area contributed by atoms with E-state index >= 15 is 0 Å². The maximum absolute atomic E-state index is 5.27. The predicted octanol–water partition coefficient (Wildman–Crippen LogP) is 5.64. The van der Waals surface area contributed by atoms with Crippen LogP contribution in [0, 0.1) is 712 Å². The lowest BCUT2D eigenvalue weighted by Gasteiger charge is -2.11. The molecule has 2 aromatic carbocycles. The van der Waals surface area contributed by atoms with E-state index in [-0.39, 0.29) is 55.3 Å². The molecule has 0 spiro atoms. The molecule has 3 rings (SSSR count). The zero-order valence-electron chi connectivity index (χ0n) is 70.7. The van der Waals surface area contributed by atoms with Crippen LogP contribution in [0.5, 0.6) is 0 Å². The third kappa shape index (κ3) is 52.7. The molecule has 0 aliphatic rings. The van der Waals surface area contributed by atoms with E-state index in [0.29, 0.717) is 9.40 Å². The number of fused-ring (bicyclic) bond motifs is 3. The summed E-state index contributed by atoms with van der Waals surface area (Å²) in [5.41, 5.74) is 0.655. The maximum Gasteiger partial charge on any atom is 0.0604 e. The van der Waals surface area contributed by atoms with Gasteiger partial charge in [-0.15, -0.1) is 37.0 Å². The first-order valence-electron chi connectivity index (χ1n) is 35.8. The molecule has 0 aliphatic heterocycles. The van der Waals surface area contributed by atoms with E-state index in [9.17, 15) is 0 Å². The van der Waals surface area contributed by atoms with Gasteiger partial charge in [-0.25, -0.2) is 0 Å². The van der Waals surface area contributed by atoms with Gasteiger partial charge in [0.2, 0.25) is 0 Å². The van der Waals surface area contributed by atoms with Crippen LogP contribution in [-0.4, -0.2) is 0 Å². The molecule has 0 radical (unpaired) electrons. The highest BCUT2D eigenvalue weighted by molar-refractivity contribution is 7.26. The lowest BCUT2D eigenvalue weighted by molar-refractivity contribution is 1.57. The Bertz CT molecular complexity index is 10300. The first-order valence-corrected chi connectivity index (χ1v) is 36.6. The Hall–Kier alpha value is -27.7. The van der Waals surface area contributed by atoms with Crippen molar-refractivity contribution in [1.29, 1.82) is 0 Å². The minimum absolute atomic E-state index is 0.0329. The topological polar surface area (TPSA) is 0 Å². The second kappa shape index (κ2) is 79.4. The van der Waals surface area contributed by atoms with Crippen LogP contribution in [0.15, 0.2) is 0 Å². The highest BCUT2D eigenvalue weighted by atomic mass is 32.1. The summed E-state index contributed by atoms with van der Waals surface area (Å²) in [4.78, 5) is 0. The Morgan fingerprint density at radius 3 is 0.328 bits per heavy atom. The average Bonchev–Trinajstić information content (AvgIpc) is 1.56. The number of terminal acetylenes is 4. The van der Waals surface area contributed by atoms with Crippen molar-refractivity contribution >= 4 is 31.5 Å². The minimum atomic E-state index is 0.0329. The molecule has 0 atom stereocenters. The van der Waals surface area contributed by atoms with Crippen molar-refractivity contribution in [3.63, 3.8) is 0 Å². The molecule has 0 amide bonds. The van der Waals surface area contributed by atoms with E-state index in [0.717, 1.165) is 11.3 Å². The molecule has 0 N–H and O–H groups in total. The summed E-state index contributed by atoms with van der Waals surface area (Å²) in [7, 11) is 0. The zero-order chi connectivity index (χ0) is 97.7. The van der Waals surface area contributed by atoms with Crippen LogP contribution in [0.1, 0.15) is 72.2 Å². The van der Waals surface area contributed by atoms with E-state index < -0.39 is 0 Å². The molecule has 0 nitrogen and oxygen atoms in total. The zero-order valence-corrected chi connectivity index (χ0v) is 71.5. The molecule has 137 heavy (non-hydrogen) atoms. The largest absolute Gasteiger partial charge is 0.132 e. The van der Waals surface area contributed by atoms with Gasteiger partial charge in [-0.2, -0.15) is 0 Å². The smallest absolute Gasteiger partial charge is 0.0604 e. The van der Waals surface area contributed by atoms with Gasteiger partial charge in [-0.3, -0.25) is 0 Å². The first kappa shape index (κ1) is 103. The number of rotatable bonds is 0. The number of hydrogen-bond donors (Lipinski definition) is 0. The van der Waals surface area contributed by atoms with Gasteiger partial charge in [0.25, 0.3) is 0 Å². The maximum atomic E-state index is 5.27. The van der Waals surface area contributed by atoms with Crippen LogP contribution in [0.2, 0.25) is 0 Å². The fourth-order valence-corrected chi connectivity index (χ4v) is 8.32. The van der Waals surface area contributed by atoms with E-state index in [2.05, 4.69) is 687 Å². The Kier molecular flexibility index (Phi) is 59.9. The van der Waals surface area contributed by atoms with Gasteiger partial charge in [0.05, 0.1) is 53.9 Å². The van der Waals surface area contributed by atoms with Gasteiger partial charge in [-0.1, -0.05) is 59.2 Å².